The van der Waals surface area contributed by atoms with Gasteiger partial charge in [-0.15, -0.1) is 74.4 Å². The maximum absolute atomic E-state index is 10.1. The predicted octanol–water partition coefficient (Wildman–Crippen LogP) is 17.6. The fraction of sp³-hybridized carbons (Fsp3) is 0.229. The van der Waals surface area contributed by atoms with Crippen molar-refractivity contribution < 1.29 is 33.5 Å². The summed E-state index contributed by atoms with van der Waals surface area (Å²) in [5.74, 6) is 4.49. The minimum Gasteiger partial charge on any atom is -0.506 e. The monoisotopic (exact) mass is 1320 g/mol. The molecule has 0 aliphatic heterocycles. The number of phenols is 1. The topological polar surface area (TPSA) is 153 Å². The van der Waals surface area contributed by atoms with Crippen LogP contribution in [0.25, 0.3) is 65.0 Å². The van der Waals surface area contributed by atoms with Crippen LogP contribution in [-0.4, -0.2) is 77.7 Å². The van der Waals surface area contributed by atoms with Crippen LogP contribution in [0.3, 0.4) is 0 Å². The molecule has 0 radical (unpaired) electrons. The van der Waals surface area contributed by atoms with Gasteiger partial charge in [0.25, 0.3) is 0 Å². The lowest BCUT2D eigenvalue weighted by molar-refractivity contribution is 0.356. The highest BCUT2D eigenvalue weighted by atomic mass is 35.5. The van der Waals surface area contributed by atoms with Crippen LogP contribution in [0.2, 0.25) is 0 Å². The van der Waals surface area contributed by atoms with Crippen molar-refractivity contribution in [2.24, 2.45) is 0 Å². The van der Waals surface area contributed by atoms with E-state index in [2.05, 4.69) is 64.1 Å². The zero-order valence-corrected chi connectivity index (χ0v) is 55.9. The number of methoxy groups -OCH3 is 6. The van der Waals surface area contributed by atoms with Crippen molar-refractivity contribution >= 4 is 139 Å². The van der Waals surface area contributed by atoms with E-state index in [1.54, 1.807) is 48.7 Å². The summed E-state index contributed by atoms with van der Waals surface area (Å²) in [5.41, 5.74) is 12.4. The average molecular weight is 1320 g/mol. The van der Waals surface area contributed by atoms with E-state index in [0.717, 1.165) is 155 Å². The van der Waals surface area contributed by atoms with Crippen LogP contribution in [0.5, 0.6) is 40.2 Å². The van der Waals surface area contributed by atoms with E-state index >= 15 is 0 Å². The normalized spacial score (nSPS) is 10.3. The number of rotatable bonds is 16. The lowest BCUT2D eigenvalue weighted by atomic mass is 9.97. The molecule has 89 heavy (non-hydrogen) atoms. The number of phenolic OH excluding ortho intramolecular Hbond substituents is 1. The Morgan fingerprint density at radius 1 is 0.382 bits per heavy atom. The third-order valence-corrected chi connectivity index (χ3v) is 15.0. The van der Waals surface area contributed by atoms with Crippen molar-refractivity contribution in [3.05, 3.63) is 209 Å². The Morgan fingerprint density at radius 3 is 1.31 bits per heavy atom. The largest absolute Gasteiger partial charge is 0.506 e. The maximum atomic E-state index is 10.1. The van der Waals surface area contributed by atoms with Gasteiger partial charge in [0.2, 0.25) is 0 Å². The van der Waals surface area contributed by atoms with E-state index in [0.29, 0.717) is 29.2 Å². The number of ether oxygens (including phenoxy) is 6. The quantitative estimate of drug-likeness (QED) is 0.0977. The number of aromatic nitrogens is 6. The fourth-order valence-corrected chi connectivity index (χ4v) is 10.8. The minimum atomic E-state index is 0. The number of hydrogen-bond acceptors (Lipinski definition) is 13. The van der Waals surface area contributed by atoms with Crippen LogP contribution in [0.15, 0.2) is 158 Å². The number of aryl methyl sites for hydroxylation is 3. The molecule has 6 aromatic heterocycles. The molecule has 6 aromatic carbocycles. The lowest BCUT2D eigenvalue weighted by Gasteiger charge is -2.14. The smallest absolute Gasteiger partial charge is 0.161 e. The number of fused-ring (bicyclic) bond motifs is 6. The van der Waals surface area contributed by atoms with E-state index in [-0.39, 0.29) is 80.2 Å². The second-order valence-corrected chi connectivity index (χ2v) is 20.3. The van der Waals surface area contributed by atoms with Gasteiger partial charge in [-0.05, 0) is 137 Å². The molecule has 1 N–H and O–H groups in total. The van der Waals surface area contributed by atoms with Crippen LogP contribution >= 0.6 is 74.4 Å². The third-order valence-electron chi connectivity index (χ3n) is 15.0. The van der Waals surface area contributed by atoms with Gasteiger partial charge in [-0.2, -0.15) is 0 Å². The molecule has 0 aliphatic carbocycles. The second kappa shape index (κ2) is 34.2. The van der Waals surface area contributed by atoms with Crippen molar-refractivity contribution in [2.45, 2.75) is 65.7 Å². The summed E-state index contributed by atoms with van der Waals surface area (Å²) in [6.45, 7) is 6.36. The van der Waals surface area contributed by atoms with Gasteiger partial charge in [-0.3, -0.25) is 24.9 Å². The Kier molecular flexibility index (Phi) is 28.3. The molecule has 0 saturated carbocycles. The van der Waals surface area contributed by atoms with Crippen molar-refractivity contribution in [2.75, 3.05) is 42.7 Å². The molecule has 0 spiro atoms. The summed E-state index contributed by atoms with van der Waals surface area (Å²) in [5, 5.41) is 20.0. The second-order valence-electron chi connectivity index (χ2n) is 20.3. The Labute approximate surface area is 556 Å². The van der Waals surface area contributed by atoms with E-state index in [4.69, 9.17) is 38.4 Å². The molecule has 13 nitrogen and oxygen atoms in total. The molecule has 0 bridgehead atoms. The molecule has 468 valence electrons. The van der Waals surface area contributed by atoms with Crippen LogP contribution in [-0.2, 0) is 32.1 Å². The molecule has 0 amide bonds. The van der Waals surface area contributed by atoms with Gasteiger partial charge in [-0.25, -0.2) is 4.98 Å². The number of pyridine rings is 6. The first-order valence-corrected chi connectivity index (χ1v) is 27.9. The van der Waals surface area contributed by atoms with E-state index in [9.17, 15) is 5.11 Å². The number of hydrogen-bond donors (Lipinski definition) is 1. The first-order valence-electron chi connectivity index (χ1n) is 27.9. The number of halogens is 6. The molecular weight excluding hydrogens is 1250 g/mol. The van der Waals surface area contributed by atoms with Crippen LogP contribution in [0.4, 0.5) is 0 Å². The Bertz CT molecular complexity index is 4330. The van der Waals surface area contributed by atoms with Gasteiger partial charge >= 0.3 is 0 Å². The summed E-state index contributed by atoms with van der Waals surface area (Å²) in [7, 11) is 9.93. The highest BCUT2D eigenvalue weighted by Crippen LogP contribution is 2.39. The Hall–Kier alpha value is -7.88. The number of benzene rings is 6. The van der Waals surface area contributed by atoms with E-state index in [1.807, 2.05) is 129 Å². The lowest BCUT2D eigenvalue weighted by Crippen LogP contribution is -2.00. The fourth-order valence-electron chi connectivity index (χ4n) is 10.8. The molecule has 19 heteroatoms. The summed E-state index contributed by atoms with van der Waals surface area (Å²) in [6, 6.07) is 42.3. The summed E-state index contributed by atoms with van der Waals surface area (Å²) in [6.07, 6.45) is 15.7. The average Bonchev–Trinajstić information content (AvgIpc) is 1.26. The van der Waals surface area contributed by atoms with Gasteiger partial charge in [0.05, 0.1) is 53.7 Å². The van der Waals surface area contributed by atoms with Crippen LogP contribution in [0, 0.1) is 6.92 Å². The van der Waals surface area contributed by atoms with Crippen LogP contribution < -0.4 is 28.4 Å². The molecule has 0 atom stereocenters. The molecular formula is C70H74Cl6N6O7. The standard InChI is InChI=1S/C24H24N2O3.C24H24N2O2.C22H20N2O2.6ClH/c1-4-6-20-19-13-23(29-3)22(28-2)12-18(19)16(14-25-20)11-17-10-9-15-7-5-8-21(27)24(15)26-17;1-4-7-22-20-13-24(28-3)23(27-2)12-19(20)18(15-26-22)11-16-10-17-8-5-6-9-21(17)25-14-16;1-14-18(9-15-8-16-6-4-5-7-20(16)24-12-15)19-11-22(26-3)21(25-2)10-17(19)13-23-14;;;;;;/h5,7-10,12-14,27H,4,6,11H2,1-3H3;5-6,8-10,12-15H,4,7,11H2,1-3H3;4-8,10-13H,9H2,1-3H3;6*1H. The first-order chi connectivity index (χ1) is 40.6. The van der Waals surface area contributed by atoms with E-state index in [1.165, 1.54) is 11.1 Å². The summed E-state index contributed by atoms with van der Waals surface area (Å²) in [4.78, 5) is 27.9. The van der Waals surface area contributed by atoms with Gasteiger partial charge in [0.15, 0.2) is 34.5 Å². The molecule has 0 fully saturated rings. The Morgan fingerprint density at radius 2 is 0.820 bits per heavy atom. The summed E-state index contributed by atoms with van der Waals surface area (Å²) < 4.78 is 33.0. The highest BCUT2D eigenvalue weighted by molar-refractivity contribution is 5.93. The van der Waals surface area contributed by atoms with E-state index < -0.39 is 0 Å². The predicted molar refractivity (Wildman–Crippen MR) is 376 cm³/mol. The Balaban J connectivity index is 0.000000276. The number of aromatic hydroxyl groups is 1. The number of para-hydroxylation sites is 3. The molecule has 0 aliphatic rings. The van der Waals surface area contributed by atoms with Gasteiger partial charge < -0.3 is 33.5 Å². The molecule has 0 saturated heterocycles. The third kappa shape index (κ3) is 16.5. The maximum Gasteiger partial charge on any atom is 0.161 e. The summed E-state index contributed by atoms with van der Waals surface area (Å²) >= 11 is 0. The van der Waals surface area contributed by atoms with Gasteiger partial charge in [0, 0.05) is 105 Å². The van der Waals surface area contributed by atoms with Crippen molar-refractivity contribution in [1.29, 1.82) is 0 Å². The SMILES string of the molecule is CCCc1ncc(Cc2ccc3cccc(O)c3n2)c2cc(OC)c(OC)cc12.CCCc1ncc(Cc2cnc3ccccc3c2)c2cc(OC)c(OC)cc12.COc1cc2cnc(C)c(Cc3cnc4ccccc4c3)c2cc1OC.Cl.Cl.Cl.Cl.Cl.Cl. The number of nitrogens with zero attached hydrogens (tertiary/aromatic N) is 6. The highest BCUT2D eigenvalue weighted by Gasteiger charge is 2.18. The zero-order chi connectivity index (χ0) is 58.0. The first kappa shape index (κ1) is 73.6. The molecule has 0 unspecified atom stereocenters. The molecule has 12 aromatic rings. The van der Waals surface area contributed by atoms with Gasteiger partial charge in [0.1, 0.15) is 11.3 Å². The molecule has 12 rings (SSSR count). The van der Waals surface area contributed by atoms with Gasteiger partial charge in [-0.1, -0.05) is 81.3 Å². The van der Waals surface area contributed by atoms with Crippen LogP contribution in [0.1, 0.15) is 77.3 Å². The zero-order valence-electron chi connectivity index (χ0n) is 51.0. The van der Waals surface area contributed by atoms with Crippen molar-refractivity contribution in [3.8, 4) is 40.2 Å². The van der Waals surface area contributed by atoms with Crippen molar-refractivity contribution in [1.82, 2.24) is 29.9 Å². The minimum absolute atomic E-state index is 0. The molecule has 6 heterocycles. The van der Waals surface area contributed by atoms with Crippen molar-refractivity contribution in [3.63, 3.8) is 0 Å².